The first-order valence-electron chi connectivity index (χ1n) is 12.4. The summed E-state index contributed by atoms with van der Waals surface area (Å²) >= 11 is 13.3. The van der Waals surface area contributed by atoms with Crippen LogP contribution in [0, 0.1) is 5.92 Å². The van der Waals surface area contributed by atoms with Gasteiger partial charge >= 0.3 is 0 Å². The second kappa shape index (κ2) is 8.84. The molecule has 0 radical (unpaired) electrons. The molecule has 12 heteroatoms. The maximum atomic E-state index is 12.7. The number of benzene rings is 1. The topological polar surface area (TPSA) is 150 Å². The molecular formula is C27H21Cl2N3O7. The van der Waals surface area contributed by atoms with Gasteiger partial charge in [-0.2, -0.15) is 0 Å². The van der Waals surface area contributed by atoms with E-state index in [0.717, 1.165) is 5.57 Å². The lowest BCUT2D eigenvalue weighted by molar-refractivity contribution is -0.243. The van der Waals surface area contributed by atoms with Gasteiger partial charge in [-0.15, -0.1) is 0 Å². The quantitative estimate of drug-likeness (QED) is 0.446. The molecule has 6 aliphatic rings. The van der Waals surface area contributed by atoms with Crippen molar-refractivity contribution in [3.8, 4) is 0 Å². The molecule has 0 saturated carbocycles. The SMILES string of the molecule is CO[C@H]1[C@H](O)[C@@H](O)[C@H](C2CC3=C(C=C2Cl)N=c2c4c(c5c(c23)C(Cl)=NC=5)C2=CC(=O)CC(=O)C2=N4)O[C@@H]1CO. The Morgan fingerprint density at radius 2 is 1.90 bits per heavy atom. The van der Waals surface area contributed by atoms with Gasteiger partial charge in [0.15, 0.2) is 11.6 Å². The first kappa shape index (κ1) is 25.2. The fourth-order valence-corrected chi connectivity index (χ4v) is 6.91. The Labute approximate surface area is 231 Å². The molecule has 6 atom stereocenters. The fraction of sp³-hybridized carbons (Fsp3) is 0.370. The summed E-state index contributed by atoms with van der Waals surface area (Å²) in [5.74, 6) is -1.23. The lowest BCUT2D eigenvalue weighted by Crippen LogP contribution is -2.61. The van der Waals surface area contributed by atoms with Crippen molar-refractivity contribution in [2.75, 3.05) is 13.7 Å². The van der Waals surface area contributed by atoms with Gasteiger partial charge in [0.05, 0.1) is 35.9 Å². The van der Waals surface area contributed by atoms with E-state index < -0.39 is 43.0 Å². The number of ketones is 2. The van der Waals surface area contributed by atoms with Crippen LogP contribution in [0.3, 0.4) is 0 Å². The summed E-state index contributed by atoms with van der Waals surface area (Å²) in [5.41, 5.74) is 4.38. The number of aliphatic hydroxyl groups is 3. The van der Waals surface area contributed by atoms with Gasteiger partial charge < -0.3 is 24.8 Å². The summed E-state index contributed by atoms with van der Waals surface area (Å²) in [4.78, 5) is 38.7. The average Bonchev–Trinajstić information content (AvgIpc) is 3.58. The normalized spacial score (nSPS) is 32.3. The van der Waals surface area contributed by atoms with Crippen LogP contribution in [0.25, 0.3) is 17.3 Å². The Bertz CT molecular complexity index is 1690. The van der Waals surface area contributed by atoms with Crippen LogP contribution in [0.5, 0.6) is 0 Å². The van der Waals surface area contributed by atoms with Crippen LogP contribution in [0.1, 0.15) is 29.5 Å². The number of allylic oxidation sites excluding steroid dienone is 4. The molecule has 1 fully saturated rings. The summed E-state index contributed by atoms with van der Waals surface area (Å²) < 4.78 is 11.3. The van der Waals surface area contributed by atoms with Gasteiger partial charge in [-0.25, -0.2) is 15.0 Å². The first-order chi connectivity index (χ1) is 18.7. The molecule has 1 aromatic rings. The zero-order valence-corrected chi connectivity index (χ0v) is 21.9. The molecule has 0 aromatic heterocycles. The van der Waals surface area contributed by atoms with E-state index in [9.17, 15) is 24.9 Å². The summed E-state index contributed by atoms with van der Waals surface area (Å²) in [5, 5.41) is 33.3. The van der Waals surface area contributed by atoms with Crippen LogP contribution in [0.2, 0.25) is 0 Å². The number of Topliss-reactive ketones (excluding diaryl/α,β-unsaturated/α-hetero) is 1. The molecule has 39 heavy (non-hydrogen) atoms. The summed E-state index contributed by atoms with van der Waals surface area (Å²) in [6, 6.07) is 0. The smallest absolute Gasteiger partial charge is 0.189 e. The number of aliphatic imine (C=N–C) groups is 2. The lowest BCUT2D eigenvalue weighted by atomic mass is 9.79. The van der Waals surface area contributed by atoms with Gasteiger partial charge in [0.2, 0.25) is 0 Å². The first-order valence-corrected chi connectivity index (χ1v) is 13.1. The highest BCUT2D eigenvalue weighted by Gasteiger charge is 2.49. The molecule has 1 saturated heterocycles. The van der Waals surface area contributed by atoms with Crippen LogP contribution in [-0.2, 0) is 19.1 Å². The van der Waals surface area contributed by atoms with Gasteiger partial charge in [-0.3, -0.25) is 9.59 Å². The molecule has 0 spiro atoms. The highest BCUT2D eigenvalue weighted by Crippen LogP contribution is 2.46. The molecule has 3 N–H and O–H groups in total. The third kappa shape index (κ3) is 3.43. The number of halogens is 2. The van der Waals surface area contributed by atoms with Crippen molar-refractivity contribution in [2.24, 2.45) is 20.9 Å². The standard InChI is InChI=1S/C27H21Cl2N3O7/c1-38-26-16(7-33)39-25(23(36)24(26)37)9-4-10-14(5-13(9)28)31-22-18(10)19-12(6-30-27(19)29)17-11-2-8(34)3-15(35)20(11)32-21(17)22/h2,5-6,9,16,23-26,33,36-37H,3-4,7H2,1H3/t9?,16-,23-,24-,25+,26-/m1/s1. The van der Waals surface area contributed by atoms with E-state index in [1.807, 2.05) is 0 Å². The van der Waals surface area contributed by atoms with E-state index >= 15 is 0 Å². The molecule has 7 rings (SSSR count). The van der Waals surface area contributed by atoms with E-state index in [2.05, 4.69) is 9.98 Å². The lowest BCUT2D eigenvalue weighted by Gasteiger charge is -2.45. The van der Waals surface area contributed by atoms with Crippen LogP contribution in [-0.4, -0.2) is 82.0 Å². The maximum absolute atomic E-state index is 12.7. The van der Waals surface area contributed by atoms with Crippen molar-refractivity contribution in [3.63, 3.8) is 0 Å². The molecule has 2 aliphatic carbocycles. The molecule has 1 unspecified atom stereocenters. The van der Waals surface area contributed by atoms with Crippen LogP contribution in [0.4, 0.5) is 5.69 Å². The van der Waals surface area contributed by atoms with Crippen molar-refractivity contribution >= 4 is 68.7 Å². The second-order valence-electron chi connectivity index (χ2n) is 10.2. The number of hydrogen-bond donors (Lipinski definition) is 3. The van der Waals surface area contributed by atoms with E-state index in [1.54, 1.807) is 12.3 Å². The largest absolute Gasteiger partial charge is 0.394 e. The zero-order valence-electron chi connectivity index (χ0n) is 20.4. The summed E-state index contributed by atoms with van der Waals surface area (Å²) in [6.07, 6.45) is -0.603. The third-order valence-electron chi connectivity index (χ3n) is 8.12. The number of hydrogen-bond acceptors (Lipinski definition) is 10. The molecule has 10 nitrogen and oxygen atoms in total. The van der Waals surface area contributed by atoms with Crippen LogP contribution < -0.4 is 10.6 Å². The highest BCUT2D eigenvalue weighted by molar-refractivity contribution is 6.71. The minimum Gasteiger partial charge on any atom is -0.394 e. The van der Waals surface area contributed by atoms with Crippen molar-refractivity contribution in [1.82, 2.24) is 0 Å². The predicted molar refractivity (Wildman–Crippen MR) is 141 cm³/mol. The number of methoxy groups -OCH3 is 1. The Balaban J connectivity index is 1.35. The summed E-state index contributed by atoms with van der Waals surface area (Å²) in [7, 11) is 1.37. The monoisotopic (exact) mass is 569 g/mol. The number of nitrogens with zero attached hydrogens (tertiary/aromatic N) is 3. The predicted octanol–water partition coefficient (Wildman–Crippen LogP) is 0.418. The van der Waals surface area contributed by atoms with E-state index in [0.29, 0.717) is 49.3 Å². The van der Waals surface area contributed by atoms with Crippen molar-refractivity contribution in [2.45, 2.75) is 43.4 Å². The van der Waals surface area contributed by atoms with Gasteiger partial charge in [-0.1, -0.05) is 23.2 Å². The number of rotatable bonds is 3. The van der Waals surface area contributed by atoms with E-state index in [4.69, 9.17) is 37.7 Å². The number of aliphatic hydroxyl groups excluding tert-OH is 3. The minimum absolute atomic E-state index is 0.221. The highest BCUT2D eigenvalue weighted by atomic mass is 35.5. The number of carbonyl (C=O) groups is 2. The maximum Gasteiger partial charge on any atom is 0.189 e. The summed E-state index contributed by atoms with van der Waals surface area (Å²) in [6.45, 7) is -0.419. The second-order valence-corrected chi connectivity index (χ2v) is 11.0. The fourth-order valence-electron chi connectivity index (χ4n) is 6.36. The molecule has 0 amide bonds. The van der Waals surface area contributed by atoms with Gasteiger partial charge in [0, 0.05) is 51.7 Å². The molecule has 200 valence electrons. The van der Waals surface area contributed by atoms with Crippen molar-refractivity contribution < 1.29 is 34.4 Å². The number of ether oxygens (including phenoxy) is 2. The minimum atomic E-state index is -1.33. The van der Waals surface area contributed by atoms with Crippen molar-refractivity contribution in [1.29, 1.82) is 0 Å². The van der Waals surface area contributed by atoms with E-state index in [1.165, 1.54) is 13.2 Å². The van der Waals surface area contributed by atoms with Crippen LogP contribution in [0.15, 0.2) is 37.9 Å². The Kier molecular flexibility index (Phi) is 5.70. The average molecular weight is 570 g/mol. The third-order valence-corrected chi connectivity index (χ3v) is 8.79. The van der Waals surface area contributed by atoms with Gasteiger partial charge in [0.1, 0.15) is 35.3 Å². The number of carbonyl (C=O) groups excluding carboxylic acids is 2. The van der Waals surface area contributed by atoms with Crippen LogP contribution >= 0.6 is 23.2 Å². The van der Waals surface area contributed by atoms with Gasteiger partial charge in [0.25, 0.3) is 0 Å². The molecule has 0 bridgehead atoms. The molecule has 1 aromatic carbocycles. The zero-order chi connectivity index (χ0) is 27.3. The molecular weight excluding hydrogens is 549 g/mol. The Hall–Kier alpha value is -2.83. The Morgan fingerprint density at radius 1 is 1.10 bits per heavy atom. The molecule has 4 aliphatic heterocycles. The van der Waals surface area contributed by atoms with E-state index in [-0.39, 0.29) is 35.3 Å². The molecule has 4 heterocycles. The number of fused-ring (bicyclic) bond motifs is 9. The van der Waals surface area contributed by atoms with Gasteiger partial charge in [-0.05, 0) is 24.1 Å². The van der Waals surface area contributed by atoms with Crippen molar-refractivity contribution in [3.05, 3.63) is 50.1 Å². The Morgan fingerprint density at radius 3 is 2.64 bits per heavy atom.